The smallest absolute Gasteiger partial charge is 0.178 e. The van der Waals surface area contributed by atoms with Crippen LogP contribution in [0.25, 0.3) is 0 Å². The van der Waals surface area contributed by atoms with E-state index in [0.29, 0.717) is 11.8 Å². The molecule has 0 saturated heterocycles. The number of fused-ring (bicyclic) bond motifs is 5. The van der Waals surface area contributed by atoms with Gasteiger partial charge in [0.25, 0.3) is 0 Å². The maximum absolute atomic E-state index is 11.7. The summed E-state index contributed by atoms with van der Waals surface area (Å²) in [6.07, 6.45) is 12.6. The molecule has 2 heteroatoms. The third-order valence-electron chi connectivity index (χ3n) is 7.51. The van der Waals surface area contributed by atoms with Crippen molar-refractivity contribution in [1.29, 1.82) is 0 Å². The van der Waals surface area contributed by atoms with Crippen molar-refractivity contribution < 1.29 is 9.90 Å². The molecule has 6 atom stereocenters. The Morgan fingerprint density at radius 3 is 2.76 bits per heavy atom. The van der Waals surface area contributed by atoms with E-state index in [4.69, 9.17) is 0 Å². The van der Waals surface area contributed by atoms with Crippen molar-refractivity contribution in [3.63, 3.8) is 0 Å². The normalized spacial score (nSPS) is 52.0. The van der Waals surface area contributed by atoms with Gasteiger partial charge in [0.15, 0.2) is 5.78 Å². The molecule has 21 heavy (non-hydrogen) atoms. The molecule has 4 aliphatic carbocycles. The van der Waals surface area contributed by atoms with Gasteiger partial charge in [-0.3, -0.25) is 4.79 Å². The molecule has 0 spiro atoms. The maximum Gasteiger partial charge on any atom is 0.178 e. The fourth-order valence-electron chi connectivity index (χ4n) is 6.17. The monoisotopic (exact) mass is 286 g/mol. The minimum absolute atomic E-state index is 0.0890. The summed E-state index contributed by atoms with van der Waals surface area (Å²) in [6.45, 7) is 4.66. The second-order valence-corrected chi connectivity index (χ2v) is 8.24. The summed E-state index contributed by atoms with van der Waals surface area (Å²) in [5.74, 6) is 2.22. The van der Waals surface area contributed by atoms with Crippen molar-refractivity contribution in [2.24, 2.45) is 28.6 Å². The highest BCUT2D eigenvalue weighted by Gasteiger charge is 2.58. The quantitative estimate of drug-likeness (QED) is 0.738. The Kier molecular flexibility index (Phi) is 2.83. The van der Waals surface area contributed by atoms with Crippen molar-refractivity contribution >= 4 is 5.78 Å². The van der Waals surface area contributed by atoms with Crippen molar-refractivity contribution in [1.82, 2.24) is 0 Å². The van der Waals surface area contributed by atoms with Gasteiger partial charge in [0.2, 0.25) is 0 Å². The first-order chi connectivity index (χ1) is 9.95. The molecule has 0 bridgehead atoms. The lowest BCUT2D eigenvalue weighted by molar-refractivity contribution is -0.111. The summed E-state index contributed by atoms with van der Waals surface area (Å²) in [5, 5.41) is 10.4. The van der Waals surface area contributed by atoms with Crippen LogP contribution in [0.2, 0.25) is 0 Å². The summed E-state index contributed by atoms with van der Waals surface area (Å²) in [4.78, 5) is 11.7. The zero-order chi connectivity index (χ0) is 14.8. The van der Waals surface area contributed by atoms with E-state index in [-0.39, 0.29) is 22.7 Å². The molecule has 114 valence electrons. The topological polar surface area (TPSA) is 37.3 Å². The van der Waals surface area contributed by atoms with Gasteiger partial charge in [-0.05, 0) is 73.8 Å². The molecular weight excluding hydrogens is 260 g/mol. The highest BCUT2D eigenvalue weighted by atomic mass is 16.3. The van der Waals surface area contributed by atoms with Crippen LogP contribution in [0.5, 0.6) is 0 Å². The van der Waals surface area contributed by atoms with E-state index < -0.39 is 0 Å². The predicted molar refractivity (Wildman–Crippen MR) is 82.6 cm³/mol. The minimum Gasteiger partial charge on any atom is -0.393 e. The molecule has 0 heterocycles. The fraction of sp³-hybridized carbons (Fsp3) is 0.737. The first-order valence-electron chi connectivity index (χ1n) is 8.57. The summed E-state index contributed by atoms with van der Waals surface area (Å²) < 4.78 is 0. The molecule has 3 fully saturated rings. The van der Waals surface area contributed by atoms with E-state index in [1.54, 1.807) is 6.08 Å². The van der Waals surface area contributed by atoms with Gasteiger partial charge >= 0.3 is 0 Å². The van der Waals surface area contributed by atoms with Gasteiger partial charge in [-0.1, -0.05) is 25.5 Å². The van der Waals surface area contributed by atoms with Crippen molar-refractivity contribution in [3.8, 4) is 0 Å². The van der Waals surface area contributed by atoms with Crippen LogP contribution >= 0.6 is 0 Å². The molecule has 0 aliphatic heterocycles. The first kappa shape index (κ1) is 13.8. The predicted octanol–water partition coefficient (Wildman–Crippen LogP) is 3.66. The van der Waals surface area contributed by atoms with Gasteiger partial charge in [0.05, 0.1) is 6.10 Å². The molecule has 0 radical (unpaired) electrons. The second kappa shape index (κ2) is 4.32. The third kappa shape index (κ3) is 1.72. The zero-order valence-electron chi connectivity index (χ0n) is 13.1. The van der Waals surface area contributed by atoms with Crippen LogP contribution in [0, 0.1) is 28.6 Å². The third-order valence-corrected chi connectivity index (χ3v) is 7.51. The number of aliphatic hydroxyl groups is 1. The van der Waals surface area contributed by atoms with E-state index in [2.05, 4.69) is 19.9 Å². The fourth-order valence-corrected chi connectivity index (χ4v) is 6.17. The Morgan fingerprint density at radius 1 is 1.14 bits per heavy atom. The van der Waals surface area contributed by atoms with Crippen molar-refractivity contribution in [3.05, 3.63) is 23.8 Å². The van der Waals surface area contributed by atoms with Crippen LogP contribution in [0.3, 0.4) is 0 Å². The number of aliphatic hydroxyl groups excluding tert-OH is 1. The summed E-state index contributed by atoms with van der Waals surface area (Å²) in [7, 11) is 0. The molecule has 0 amide bonds. The van der Waals surface area contributed by atoms with Crippen LogP contribution in [-0.4, -0.2) is 17.0 Å². The van der Waals surface area contributed by atoms with E-state index in [9.17, 15) is 9.90 Å². The molecule has 4 rings (SSSR count). The van der Waals surface area contributed by atoms with E-state index in [1.807, 2.05) is 6.08 Å². The molecule has 0 aromatic heterocycles. The van der Waals surface area contributed by atoms with E-state index in [0.717, 1.165) is 25.2 Å². The van der Waals surface area contributed by atoms with Gasteiger partial charge < -0.3 is 5.11 Å². The molecule has 1 N–H and O–H groups in total. The standard InChI is InChI=1S/C19H26O2/c1-18-9-7-13(20)11-12(18)3-4-14-15-5-6-17(21)19(15,2)10-8-16(14)18/h7,9,11,14-17,21H,3-6,8,10H2,1-2H3/t14-,15?,16?,17+,18-,19-/m0/s1. The number of allylic oxidation sites excluding steroid dienone is 4. The molecule has 0 aromatic rings. The van der Waals surface area contributed by atoms with Crippen molar-refractivity contribution in [2.45, 2.75) is 58.5 Å². The van der Waals surface area contributed by atoms with Gasteiger partial charge in [0.1, 0.15) is 0 Å². The van der Waals surface area contributed by atoms with Crippen LogP contribution < -0.4 is 0 Å². The number of carbonyl (C=O) groups excluding carboxylic acids is 1. The van der Waals surface area contributed by atoms with E-state index in [1.165, 1.54) is 24.8 Å². The lowest BCUT2D eigenvalue weighted by Crippen LogP contribution is -2.50. The maximum atomic E-state index is 11.7. The van der Waals surface area contributed by atoms with Crippen LogP contribution in [0.15, 0.2) is 23.8 Å². The second-order valence-electron chi connectivity index (χ2n) is 8.24. The average molecular weight is 286 g/mol. The largest absolute Gasteiger partial charge is 0.393 e. The number of ketones is 1. The molecule has 2 nitrogen and oxygen atoms in total. The molecule has 0 aromatic carbocycles. The molecule has 2 unspecified atom stereocenters. The Hall–Kier alpha value is -0.890. The first-order valence-corrected chi connectivity index (χ1v) is 8.57. The van der Waals surface area contributed by atoms with E-state index >= 15 is 0 Å². The van der Waals surface area contributed by atoms with Gasteiger partial charge in [0, 0.05) is 5.41 Å². The van der Waals surface area contributed by atoms with Gasteiger partial charge in [-0.25, -0.2) is 0 Å². The van der Waals surface area contributed by atoms with Crippen LogP contribution in [0.4, 0.5) is 0 Å². The highest BCUT2D eigenvalue weighted by Crippen LogP contribution is 2.64. The van der Waals surface area contributed by atoms with Gasteiger partial charge in [-0.15, -0.1) is 0 Å². The average Bonchev–Trinajstić information content (AvgIpc) is 2.76. The van der Waals surface area contributed by atoms with Crippen molar-refractivity contribution in [2.75, 3.05) is 0 Å². The Balaban J connectivity index is 1.70. The van der Waals surface area contributed by atoms with Crippen LogP contribution in [-0.2, 0) is 4.79 Å². The molecule has 4 aliphatic rings. The minimum atomic E-state index is -0.100. The van der Waals surface area contributed by atoms with Crippen LogP contribution in [0.1, 0.15) is 52.4 Å². The number of hydrogen-bond donors (Lipinski definition) is 1. The summed E-state index contributed by atoms with van der Waals surface area (Å²) >= 11 is 0. The molecular formula is C19H26O2. The summed E-state index contributed by atoms with van der Waals surface area (Å²) in [5.41, 5.74) is 1.59. The lowest BCUT2D eigenvalue weighted by Gasteiger charge is -2.56. The number of rotatable bonds is 0. The number of carbonyl (C=O) groups is 1. The molecule has 3 saturated carbocycles. The summed E-state index contributed by atoms with van der Waals surface area (Å²) in [6, 6.07) is 0. The Bertz CT molecular complexity index is 546. The number of hydrogen-bond acceptors (Lipinski definition) is 2. The highest BCUT2D eigenvalue weighted by molar-refractivity contribution is 6.01. The Morgan fingerprint density at radius 2 is 1.95 bits per heavy atom. The van der Waals surface area contributed by atoms with Gasteiger partial charge in [-0.2, -0.15) is 0 Å². The SMILES string of the molecule is C[C@]12C=CC(=O)C=C1CC[C@@H]1C2CC[C@@]2(C)C1CC[C@H]2O. The Labute approximate surface area is 127 Å². The zero-order valence-corrected chi connectivity index (χ0v) is 13.1. The lowest BCUT2D eigenvalue weighted by atomic mass is 9.48.